The van der Waals surface area contributed by atoms with Crippen molar-refractivity contribution in [3.8, 4) is 5.69 Å². The lowest BCUT2D eigenvalue weighted by Gasteiger charge is -2.37. The monoisotopic (exact) mass is 572 g/mol. The van der Waals surface area contributed by atoms with E-state index in [2.05, 4.69) is 27.3 Å². The fourth-order valence-electron chi connectivity index (χ4n) is 6.14. The summed E-state index contributed by atoms with van der Waals surface area (Å²) < 4.78 is 1.46. The van der Waals surface area contributed by atoms with Gasteiger partial charge in [0.05, 0.1) is 11.2 Å². The van der Waals surface area contributed by atoms with Crippen LogP contribution in [0.4, 0.5) is 10.6 Å². The minimum Gasteiger partial charge on any atom is -0.338 e. The number of benzene rings is 1. The molecule has 3 amide bonds. The van der Waals surface area contributed by atoms with Gasteiger partial charge < -0.3 is 21.3 Å². The number of nitrogens with two attached hydrogens (primary N) is 2. The minimum atomic E-state index is -0.944. The van der Waals surface area contributed by atoms with E-state index in [1.54, 1.807) is 35.9 Å². The van der Waals surface area contributed by atoms with E-state index >= 15 is 0 Å². The molecule has 5 rings (SSSR count). The van der Waals surface area contributed by atoms with Crippen LogP contribution in [0.3, 0.4) is 0 Å². The second-order valence-electron chi connectivity index (χ2n) is 11.7. The van der Waals surface area contributed by atoms with E-state index in [1.807, 2.05) is 12.1 Å². The Labute approximate surface area is 241 Å². The summed E-state index contributed by atoms with van der Waals surface area (Å²) in [7, 11) is 0. The van der Waals surface area contributed by atoms with Crippen molar-refractivity contribution in [1.82, 2.24) is 24.3 Å². The van der Waals surface area contributed by atoms with Crippen LogP contribution in [-0.4, -0.2) is 92.6 Å². The number of hydrogen-bond acceptors (Lipinski definition) is 7. The largest absolute Gasteiger partial charge is 0.354 e. The van der Waals surface area contributed by atoms with Crippen LogP contribution >= 0.6 is 12.4 Å². The summed E-state index contributed by atoms with van der Waals surface area (Å²) in [6, 6.07) is 10.8. The van der Waals surface area contributed by atoms with Crippen molar-refractivity contribution < 1.29 is 9.59 Å². The van der Waals surface area contributed by atoms with Gasteiger partial charge in [0, 0.05) is 57.0 Å². The van der Waals surface area contributed by atoms with Crippen molar-refractivity contribution in [2.45, 2.75) is 69.6 Å². The van der Waals surface area contributed by atoms with Gasteiger partial charge in [-0.1, -0.05) is 12.1 Å². The molecule has 12 heteroatoms. The van der Waals surface area contributed by atoms with E-state index in [9.17, 15) is 14.4 Å². The molecule has 0 saturated carbocycles. The van der Waals surface area contributed by atoms with Gasteiger partial charge in [0.2, 0.25) is 5.91 Å². The Morgan fingerprint density at radius 2 is 1.60 bits per heavy atom. The van der Waals surface area contributed by atoms with Crippen LogP contribution in [-0.2, 0) is 11.2 Å². The van der Waals surface area contributed by atoms with E-state index in [1.165, 1.54) is 23.0 Å². The first-order valence-corrected chi connectivity index (χ1v) is 13.9. The Bertz CT molecular complexity index is 1240. The molecule has 0 radical (unpaired) electrons. The zero-order valence-corrected chi connectivity index (χ0v) is 24.1. The maximum Gasteiger partial charge on any atom is 0.354 e. The van der Waals surface area contributed by atoms with Crippen molar-refractivity contribution in [2.75, 3.05) is 38.0 Å². The van der Waals surface area contributed by atoms with Crippen LogP contribution in [0.25, 0.3) is 5.69 Å². The van der Waals surface area contributed by atoms with E-state index < -0.39 is 11.2 Å². The molecule has 2 atom stereocenters. The summed E-state index contributed by atoms with van der Waals surface area (Å²) in [6.07, 6.45) is 7.31. The molecular weight excluding hydrogens is 532 g/mol. The molecule has 11 nitrogen and oxygen atoms in total. The Balaban J connectivity index is 0.00000370. The summed E-state index contributed by atoms with van der Waals surface area (Å²) in [5.41, 5.74) is 12.7. The third kappa shape index (κ3) is 6.65. The zero-order valence-electron chi connectivity index (χ0n) is 23.3. The summed E-state index contributed by atoms with van der Waals surface area (Å²) in [5.74, 6) is 0.0512. The molecule has 4 heterocycles. The molecule has 40 heavy (non-hydrogen) atoms. The van der Waals surface area contributed by atoms with Gasteiger partial charge in [0.15, 0.2) is 0 Å². The third-order valence-electron chi connectivity index (χ3n) is 8.24. The number of nitrogens with zero attached hydrogens (tertiary/aromatic N) is 5. The fourth-order valence-corrected chi connectivity index (χ4v) is 6.14. The average molecular weight is 573 g/mol. The lowest BCUT2D eigenvalue weighted by Crippen LogP contribution is -2.58. The number of fused-ring (bicyclic) bond motifs is 2. The maximum atomic E-state index is 12.7. The van der Waals surface area contributed by atoms with E-state index in [4.69, 9.17) is 11.5 Å². The fraction of sp³-hybridized carbons (Fsp3) is 0.571. The van der Waals surface area contributed by atoms with Crippen molar-refractivity contribution in [1.29, 1.82) is 0 Å². The first-order valence-electron chi connectivity index (χ1n) is 13.9. The number of piperazine rings is 1. The Morgan fingerprint density at radius 1 is 1.00 bits per heavy atom. The molecule has 2 unspecified atom stereocenters. The van der Waals surface area contributed by atoms with Crippen LogP contribution in [0.15, 0.2) is 41.3 Å². The number of aromatic nitrogens is 2. The molecule has 0 aliphatic carbocycles. The molecule has 1 aromatic carbocycles. The van der Waals surface area contributed by atoms with Gasteiger partial charge in [-0.25, -0.2) is 9.59 Å². The lowest BCUT2D eigenvalue weighted by molar-refractivity contribution is -0.137. The van der Waals surface area contributed by atoms with Crippen LogP contribution in [0.5, 0.6) is 0 Å². The number of piperidine rings is 1. The molecule has 3 aliphatic rings. The standard InChI is InChI=1S/C28H40N8O3.ClH/c1-28(2,30)25(37)33-13-15-34(16-14-33)26(38)31-24-10-12-36(27(39)32-24)21-5-3-19(4-6-21)9-11-35-22-7-8-23(35)18-20(29)17-22;/h3-6,10,12,20,22-23H,7-9,11,13-18,29-30H2,1-2H3,(H,31,32,38,39);1H. The average Bonchev–Trinajstić information content (AvgIpc) is 3.15. The third-order valence-corrected chi connectivity index (χ3v) is 8.24. The smallest absolute Gasteiger partial charge is 0.338 e. The van der Waals surface area contributed by atoms with Crippen molar-refractivity contribution in [2.24, 2.45) is 11.5 Å². The number of urea groups is 1. The minimum absolute atomic E-state index is 0. The second kappa shape index (κ2) is 12.3. The zero-order chi connectivity index (χ0) is 27.7. The number of hydrogen-bond donors (Lipinski definition) is 3. The number of carbonyl (C=O) groups is 2. The highest BCUT2D eigenvalue weighted by atomic mass is 35.5. The number of carbonyl (C=O) groups excluding carboxylic acids is 2. The van der Waals surface area contributed by atoms with Gasteiger partial charge in [-0.05, 0) is 69.7 Å². The SMILES string of the molecule is CC(C)(N)C(=O)N1CCN(C(=O)Nc2ccn(-c3ccc(CCN4C5CCC4CC(N)C5)cc3)c(=O)n2)CC1.Cl. The highest BCUT2D eigenvalue weighted by Crippen LogP contribution is 2.35. The molecule has 2 bridgehead atoms. The van der Waals surface area contributed by atoms with Crippen molar-refractivity contribution in [3.05, 3.63) is 52.6 Å². The number of anilines is 1. The molecule has 0 spiro atoms. The van der Waals surface area contributed by atoms with E-state index in [-0.39, 0.29) is 30.2 Å². The van der Waals surface area contributed by atoms with Crippen LogP contribution < -0.4 is 22.5 Å². The van der Waals surface area contributed by atoms with Gasteiger partial charge in [-0.15, -0.1) is 12.4 Å². The van der Waals surface area contributed by atoms with E-state index in [0.29, 0.717) is 44.3 Å². The van der Waals surface area contributed by atoms with E-state index in [0.717, 1.165) is 31.5 Å². The number of nitrogens with one attached hydrogen (secondary N) is 1. The highest BCUT2D eigenvalue weighted by Gasteiger charge is 2.39. The summed E-state index contributed by atoms with van der Waals surface area (Å²) >= 11 is 0. The predicted molar refractivity (Wildman–Crippen MR) is 157 cm³/mol. The van der Waals surface area contributed by atoms with Gasteiger partial charge >= 0.3 is 11.7 Å². The van der Waals surface area contributed by atoms with Crippen molar-refractivity contribution in [3.63, 3.8) is 0 Å². The molecule has 3 saturated heterocycles. The second-order valence-corrected chi connectivity index (χ2v) is 11.7. The molecule has 5 N–H and O–H groups in total. The highest BCUT2D eigenvalue weighted by molar-refractivity contribution is 5.89. The van der Waals surface area contributed by atoms with Crippen LogP contribution in [0, 0.1) is 0 Å². The lowest BCUT2D eigenvalue weighted by atomic mass is 9.97. The molecule has 2 aromatic rings. The summed E-state index contributed by atoms with van der Waals surface area (Å²) in [4.78, 5) is 47.8. The van der Waals surface area contributed by atoms with Gasteiger partial charge in [0.25, 0.3) is 0 Å². The van der Waals surface area contributed by atoms with Gasteiger partial charge in [-0.3, -0.25) is 19.6 Å². The summed E-state index contributed by atoms with van der Waals surface area (Å²) in [5, 5.41) is 2.70. The van der Waals surface area contributed by atoms with Gasteiger partial charge in [-0.2, -0.15) is 4.98 Å². The molecule has 218 valence electrons. The Morgan fingerprint density at radius 3 is 2.17 bits per heavy atom. The first kappa shape index (κ1) is 30.0. The van der Waals surface area contributed by atoms with Crippen LogP contribution in [0.1, 0.15) is 45.1 Å². The molecular formula is C28H41ClN8O3. The molecule has 3 fully saturated rings. The van der Waals surface area contributed by atoms with Gasteiger partial charge in [0.1, 0.15) is 5.82 Å². The molecule has 1 aromatic heterocycles. The Kier molecular flexibility index (Phi) is 9.19. The normalized spacial score (nSPS) is 23.1. The Hall–Kier alpha value is -2.99. The summed E-state index contributed by atoms with van der Waals surface area (Å²) in [6.45, 7) is 5.96. The van der Waals surface area contributed by atoms with Crippen LogP contribution in [0.2, 0.25) is 0 Å². The predicted octanol–water partition coefficient (Wildman–Crippen LogP) is 1.56. The topological polar surface area (TPSA) is 143 Å². The number of halogens is 1. The number of amides is 3. The maximum absolute atomic E-state index is 12.7. The first-order chi connectivity index (χ1) is 18.6. The molecule has 3 aliphatic heterocycles. The number of rotatable bonds is 6. The quantitative estimate of drug-likeness (QED) is 0.477. The van der Waals surface area contributed by atoms with Crippen molar-refractivity contribution >= 4 is 30.2 Å².